The molecule has 2 aromatic rings. The number of hydrogen-bond donors (Lipinski definition) is 1. The number of carbonyl (C=O) groups is 1. The van der Waals surface area contributed by atoms with Gasteiger partial charge in [0.2, 0.25) is 0 Å². The fraction of sp³-hybridized carbons (Fsp3) is 0.222. The number of pyridine rings is 1. The fourth-order valence-corrected chi connectivity index (χ4v) is 1.81. The second-order valence-electron chi connectivity index (χ2n) is 4.62. The highest BCUT2D eigenvalue weighted by atomic mass is 16.5. The summed E-state index contributed by atoms with van der Waals surface area (Å²) in [5.41, 5.74) is 1.67. The SMILES string of the molecule is COc1ccncc1C#CCCNC(=O)OCc1ccccc1. The van der Waals surface area contributed by atoms with Gasteiger partial charge >= 0.3 is 6.09 Å². The smallest absolute Gasteiger partial charge is 0.407 e. The van der Waals surface area contributed by atoms with E-state index in [0.29, 0.717) is 18.7 Å². The van der Waals surface area contributed by atoms with E-state index in [1.54, 1.807) is 25.6 Å². The number of nitrogens with zero attached hydrogens (tertiary/aromatic N) is 1. The van der Waals surface area contributed by atoms with Crippen LogP contribution >= 0.6 is 0 Å². The van der Waals surface area contributed by atoms with Crippen molar-refractivity contribution in [2.75, 3.05) is 13.7 Å². The van der Waals surface area contributed by atoms with Crippen molar-refractivity contribution in [1.29, 1.82) is 0 Å². The van der Waals surface area contributed by atoms with E-state index in [2.05, 4.69) is 22.1 Å². The molecule has 0 radical (unpaired) electrons. The quantitative estimate of drug-likeness (QED) is 0.681. The highest BCUT2D eigenvalue weighted by molar-refractivity contribution is 5.67. The zero-order valence-corrected chi connectivity index (χ0v) is 12.9. The van der Waals surface area contributed by atoms with Crippen molar-refractivity contribution in [3.63, 3.8) is 0 Å². The number of nitrogens with one attached hydrogen (secondary N) is 1. The first-order valence-corrected chi connectivity index (χ1v) is 7.21. The van der Waals surface area contributed by atoms with E-state index in [9.17, 15) is 4.79 Å². The second kappa shape index (κ2) is 9.11. The molecule has 0 fully saturated rings. The summed E-state index contributed by atoms with van der Waals surface area (Å²) < 4.78 is 10.3. The van der Waals surface area contributed by atoms with Crippen molar-refractivity contribution in [2.24, 2.45) is 0 Å². The molecule has 1 aromatic carbocycles. The molecular weight excluding hydrogens is 292 g/mol. The first kappa shape index (κ1) is 16.4. The Balaban J connectivity index is 1.69. The summed E-state index contributed by atoms with van der Waals surface area (Å²) in [5, 5.41) is 2.66. The number of hydrogen-bond acceptors (Lipinski definition) is 4. The second-order valence-corrected chi connectivity index (χ2v) is 4.62. The summed E-state index contributed by atoms with van der Waals surface area (Å²) in [6.45, 7) is 0.675. The van der Waals surface area contributed by atoms with Crippen LogP contribution in [0.5, 0.6) is 5.75 Å². The fourth-order valence-electron chi connectivity index (χ4n) is 1.81. The van der Waals surface area contributed by atoms with Crippen molar-refractivity contribution >= 4 is 6.09 Å². The van der Waals surface area contributed by atoms with Crippen molar-refractivity contribution < 1.29 is 14.3 Å². The van der Waals surface area contributed by atoms with Crippen LogP contribution in [-0.4, -0.2) is 24.7 Å². The van der Waals surface area contributed by atoms with E-state index in [1.807, 2.05) is 30.3 Å². The molecule has 0 atom stereocenters. The predicted molar refractivity (Wildman–Crippen MR) is 86.9 cm³/mol. The molecule has 0 aliphatic heterocycles. The molecule has 0 aliphatic rings. The lowest BCUT2D eigenvalue weighted by Gasteiger charge is -2.05. The average molecular weight is 310 g/mol. The van der Waals surface area contributed by atoms with Crippen LogP contribution in [0, 0.1) is 11.8 Å². The molecule has 5 nitrogen and oxygen atoms in total. The molecule has 0 bridgehead atoms. The third kappa shape index (κ3) is 5.71. The van der Waals surface area contributed by atoms with Crippen LogP contribution in [0.25, 0.3) is 0 Å². The van der Waals surface area contributed by atoms with Crippen LogP contribution < -0.4 is 10.1 Å². The minimum Gasteiger partial charge on any atom is -0.495 e. The van der Waals surface area contributed by atoms with E-state index >= 15 is 0 Å². The van der Waals surface area contributed by atoms with E-state index in [1.165, 1.54) is 0 Å². The van der Waals surface area contributed by atoms with E-state index in [4.69, 9.17) is 9.47 Å². The van der Waals surface area contributed by atoms with Crippen LogP contribution in [0.2, 0.25) is 0 Å². The van der Waals surface area contributed by atoms with Crippen LogP contribution in [0.15, 0.2) is 48.8 Å². The topological polar surface area (TPSA) is 60.5 Å². The summed E-state index contributed by atoms with van der Waals surface area (Å²) in [7, 11) is 1.59. The summed E-state index contributed by atoms with van der Waals surface area (Å²) in [4.78, 5) is 15.5. The molecule has 1 amide bonds. The molecule has 0 saturated heterocycles. The summed E-state index contributed by atoms with van der Waals surface area (Å²) >= 11 is 0. The van der Waals surface area contributed by atoms with Gasteiger partial charge in [-0.15, -0.1) is 0 Å². The molecule has 0 saturated carbocycles. The molecule has 118 valence electrons. The normalized spacial score (nSPS) is 9.43. The van der Waals surface area contributed by atoms with E-state index in [-0.39, 0.29) is 6.61 Å². The molecule has 2 rings (SSSR count). The van der Waals surface area contributed by atoms with Gasteiger partial charge in [0.05, 0.1) is 12.7 Å². The first-order valence-electron chi connectivity index (χ1n) is 7.21. The van der Waals surface area contributed by atoms with Crippen molar-refractivity contribution in [3.8, 4) is 17.6 Å². The van der Waals surface area contributed by atoms with Crippen molar-refractivity contribution in [1.82, 2.24) is 10.3 Å². The van der Waals surface area contributed by atoms with Crippen LogP contribution in [0.1, 0.15) is 17.5 Å². The highest BCUT2D eigenvalue weighted by Crippen LogP contribution is 2.13. The minimum atomic E-state index is -0.449. The Morgan fingerprint density at radius 1 is 1.26 bits per heavy atom. The van der Waals surface area contributed by atoms with Gasteiger partial charge in [0.15, 0.2) is 0 Å². The number of amides is 1. The largest absolute Gasteiger partial charge is 0.495 e. The lowest BCUT2D eigenvalue weighted by Crippen LogP contribution is -2.24. The van der Waals surface area contributed by atoms with Gasteiger partial charge in [-0.3, -0.25) is 4.98 Å². The van der Waals surface area contributed by atoms with E-state index < -0.39 is 6.09 Å². The lowest BCUT2D eigenvalue weighted by atomic mass is 10.2. The number of aromatic nitrogens is 1. The average Bonchev–Trinajstić information content (AvgIpc) is 2.61. The predicted octanol–water partition coefficient (Wildman–Crippen LogP) is 2.76. The molecule has 1 aromatic heterocycles. The third-order valence-electron chi connectivity index (χ3n) is 2.96. The Morgan fingerprint density at radius 3 is 2.87 bits per heavy atom. The van der Waals surface area contributed by atoms with Gasteiger partial charge in [0.25, 0.3) is 0 Å². The standard InChI is InChI=1S/C18H18N2O3/c1-22-17-10-12-19-13-16(17)9-5-6-11-20-18(21)23-14-15-7-3-2-4-8-15/h2-4,7-8,10,12-13H,6,11,14H2,1H3,(H,20,21). The molecule has 0 aliphatic carbocycles. The van der Waals surface area contributed by atoms with Gasteiger partial charge in [0.1, 0.15) is 12.4 Å². The number of alkyl carbamates (subject to hydrolysis) is 1. The van der Waals surface area contributed by atoms with Crippen molar-refractivity contribution in [3.05, 3.63) is 59.9 Å². The molecule has 5 heteroatoms. The Kier molecular flexibility index (Phi) is 6.48. The Morgan fingerprint density at radius 2 is 2.09 bits per heavy atom. The number of methoxy groups -OCH3 is 1. The molecule has 1 heterocycles. The number of benzene rings is 1. The third-order valence-corrected chi connectivity index (χ3v) is 2.96. The number of ether oxygens (including phenoxy) is 2. The van der Waals surface area contributed by atoms with Crippen LogP contribution in [0.3, 0.4) is 0 Å². The Hall–Kier alpha value is -3.00. The van der Waals surface area contributed by atoms with Gasteiger partial charge in [-0.25, -0.2) is 4.79 Å². The zero-order chi connectivity index (χ0) is 16.3. The zero-order valence-electron chi connectivity index (χ0n) is 12.9. The maximum absolute atomic E-state index is 11.5. The molecular formula is C18H18N2O3. The molecule has 0 unspecified atom stereocenters. The lowest BCUT2D eigenvalue weighted by molar-refractivity contribution is 0.140. The number of rotatable bonds is 5. The van der Waals surface area contributed by atoms with Gasteiger partial charge in [0, 0.05) is 25.4 Å². The number of carbonyl (C=O) groups excluding carboxylic acids is 1. The summed E-state index contributed by atoms with van der Waals surface area (Å²) in [6, 6.07) is 11.3. The monoisotopic (exact) mass is 310 g/mol. The maximum Gasteiger partial charge on any atom is 0.407 e. The van der Waals surface area contributed by atoms with Gasteiger partial charge in [-0.05, 0) is 11.6 Å². The Labute approximate surface area is 135 Å². The van der Waals surface area contributed by atoms with Crippen LogP contribution in [0.4, 0.5) is 4.79 Å². The van der Waals surface area contributed by atoms with Gasteiger partial charge in [-0.1, -0.05) is 42.2 Å². The summed E-state index contributed by atoms with van der Waals surface area (Å²) in [6.07, 6.45) is 3.36. The first-order chi connectivity index (χ1) is 11.3. The summed E-state index contributed by atoms with van der Waals surface area (Å²) in [5.74, 6) is 6.61. The highest BCUT2D eigenvalue weighted by Gasteiger charge is 2.01. The van der Waals surface area contributed by atoms with Crippen LogP contribution in [-0.2, 0) is 11.3 Å². The van der Waals surface area contributed by atoms with Crippen molar-refractivity contribution in [2.45, 2.75) is 13.0 Å². The van der Waals surface area contributed by atoms with Gasteiger partial charge in [-0.2, -0.15) is 0 Å². The maximum atomic E-state index is 11.5. The molecule has 1 N–H and O–H groups in total. The minimum absolute atomic E-state index is 0.255. The van der Waals surface area contributed by atoms with Gasteiger partial charge < -0.3 is 14.8 Å². The Bertz CT molecular complexity index is 690. The van der Waals surface area contributed by atoms with E-state index in [0.717, 1.165) is 11.1 Å². The molecule has 23 heavy (non-hydrogen) atoms. The molecule has 0 spiro atoms.